The van der Waals surface area contributed by atoms with Gasteiger partial charge in [-0.1, -0.05) is 23.5 Å². The first kappa shape index (κ1) is 21.7. The zero-order valence-corrected chi connectivity index (χ0v) is 18.6. The Morgan fingerprint density at radius 1 is 1.03 bits per heavy atom. The van der Waals surface area contributed by atoms with E-state index in [1.807, 2.05) is 24.3 Å². The second-order valence-electron chi connectivity index (χ2n) is 7.17. The number of hydrogen-bond acceptors (Lipinski definition) is 6. The molecule has 2 aliphatic rings. The maximum absolute atomic E-state index is 13.1. The number of nitrogens with zero attached hydrogens (tertiary/aromatic N) is 3. The number of aliphatic imine (C=N–C) groups is 1. The van der Waals surface area contributed by atoms with Gasteiger partial charge in [-0.25, -0.2) is 4.39 Å². The quantitative estimate of drug-likeness (QED) is 0.742. The van der Waals surface area contributed by atoms with Crippen LogP contribution in [0.3, 0.4) is 0 Å². The molecule has 162 valence electrons. The van der Waals surface area contributed by atoms with Gasteiger partial charge in [0.1, 0.15) is 10.2 Å². The van der Waals surface area contributed by atoms with Crippen molar-refractivity contribution in [3.05, 3.63) is 59.9 Å². The lowest BCUT2D eigenvalue weighted by atomic mass is 10.1. The van der Waals surface area contributed by atoms with Crippen LogP contribution in [0.5, 0.6) is 0 Å². The molecule has 2 aromatic rings. The predicted molar refractivity (Wildman–Crippen MR) is 127 cm³/mol. The van der Waals surface area contributed by atoms with Gasteiger partial charge in [0.05, 0.1) is 12.3 Å². The molecule has 1 N–H and O–H groups in total. The van der Waals surface area contributed by atoms with Gasteiger partial charge in [-0.2, -0.15) is 0 Å². The molecule has 2 aliphatic heterocycles. The number of thioether (sulfide) groups is 2. The number of anilines is 2. The van der Waals surface area contributed by atoms with Crippen LogP contribution in [0.15, 0.2) is 53.5 Å². The monoisotopic (exact) mass is 458 g/mol. The smallest absolute Gasteiger partial charge is 0.253 e. The van der Waals surface area contributed by atoms with Crippen molar-refractivity contribution in [3.63, 3.8) is 0 Å². The van der Waals surface area contributed by atoms with Crippen LogP contribution in [0.1, 0.15) is 10.4 Å². The lowest BCUT2D eigenvalue weighted by Crippen LogP contribution is -2.48. The van der Waals surface area contributed by atoms with E-state index >= 15 is 0 Å². The average molecular weight is 459 g/mol. The summed E-state index contributed by atoms with van der Waals surface area (Å²) in [4.78, 5) is 33.0. The molecule has 0 radical (unpaired) electrons. The lowest BCUT2D eigenvalue weighted by Gasteiger charge is -2.36. The number of carbonyl (C=O) groups excluding carboxylic acids is 2. The standard InChI is InChI=1S/C22H23FN4O2S2/c23-17-3-1-16(2-4-17)21(29)27-12-10-26(11-13-27)19-7-5-18(6-8-19)25-20(28)15-31-22-24-9-14-30-22/h1-8H,9-15H2,(H,25,28). The fourth-order valence-electron chi connectivity index (χ4n) is 3.43. The van der Waals surface area contributed by atoms with Gasteiger partial charge in [0, 0.05) is 48.9 Å². The number of amides is 2. The van der Waals surface area contributed by atoms with Crippen molar-refractivity contribution in [2.75, 3.05) is 54.4 Å². The van der Waals surface area contributed by atoms with Gasteiger partial charge in [0.2, 0.25) is 5.91 Å². The summed E-state index contributed by atoms with van der Waals surface area (Å²) in [5, 5.41) is 2.92. The molecular formula is C22H23FN4O2S2. The second kappa shape index (κ2) is 10.2. The molecule has 4 rings (SSSR count). The van der Waals surface area contributed by atoms with E-state index in [9.17, 15) is 14.0 Å². The third-order valence-corrected chi connectivity index (χ3v) is 7.31. The summed E-state index contributed by atoms with van der Waals surface area (Å²) in [5.41, 5.74) is 2.32. The third-order valence-electron chi connectivity index (χ3n) is 5.06. The number of halogens is 1. The maximum atomic E-state index is 13.1. The average Bonchev–Trinajstić information content (AvgIpc) is 3.32. The summed E-state index contributed by atoms with van der Waals surface area (Å²) in [6.07, 6.45) is 0. The molecule has 2 amide bonds. The molecule has 9 heteroatoms. The first-order chi connectivity index (χ1) is 15.1. The van der Waals surface area contributed by atoms with Gasteiger partial charge in [-0.3, -0.25) is 14.6 Å². The Morgan fingerprint density at radius 2 is 1.74 bits per heavy atom. The SMILES string of the molecule is O=C(CSC1=NCCS1)Nc1ccc(N2CCN(C(=O)c3ccc(F)cc3)CC2)cc1. The largest absolute Gasteiger partial charge is 0.368 e. The summed E-state index contributed by atoms with van der Waals surface area (Å²) in [7, 11) is 0. The minimum Gasteiger partial charge on any atom is -0.368 e. The Bertz CT molecular complexity index is 958. The highest BCUT2D eigenvalue weighted by Gasteiger charge is 2.22. The van der Waals surface area contributed by atoms with Crippen LogP contribution in [-0.2, 0) is 4.79 Å². The van der Waals surface area contributed by atoms with Crippen molar-refractivity contribution in [2.45, 2.75) is 0 Å². The van der Waals surface area contributed by atoms with Gasteiger partial charge in [0.15, 0.2) is 0 Å². The number of nitrogens with one attached hydrogen (secondary N) is 1. The Hall–Kier alpha value is -2.52. The van der Waals surface area contributed by atoms with Crippen molar-refractivity contribution >= 4 is 51.1 Å². The minimum absolute atomic E-state index is 0.0409. The van der Waals surface area contributed by atoms with Gasteiger partial charge < -0.3 is 15.1 Å². The van der Waals surface area contributed by atoms with E-state index in [0.29, 0.717) is 24.4 Å². The van der Waals surface area contributed by atoms with Crippen LogP contribution in [0.25, 0.3) is 0 Å². The fraction of sp³-hybridized carbons (Fsp3) is 0.318. The molecule has 0 unspecified atom stereocenters. The molecule has 0 aromatic heterocycles. The highest BCUT2D eigenvalue weighted by Crippen LogP contribution is 2.23. The van der Waals surface area contributed by atoms with Crippen LogP contribution >= 0.6 is 23.5 Å². The Kier molecular flexibility index (Phi) is 7.14. The summed E-state index contributed by atoms with van der Waals surface area (Å²) in [6, 6.07) is 13.4. The first-order valence-corrected chi connectivity index (χ1v) is 12.1. The van der Waals surface area contributed by atoms with Crippen LogP contribution < -0.4 is 10.2 Å². The first-order valence-electron chi connectivity index (χ1n) is 10.1. The molecule has 1 saturated heterocycles. The number of rotatable bonds is 5. The van der Waals surface area contributed by atoms with Crippen LogP contribution in [0, 0.1) is 5.82 Å². The van der Waals surface area contributed by atoms with E-state index in [1.54, 1.807) is 16.7 Å². The molecule has 0 bridgehead atoms. The predicted octanol–water partition coefficient (Wildman–Crippen LogP) is 3.56. The van der Waals surface area contributed by atoms with Crippen molar-refractivity contribution in [3.8, 4) is 0 Å². The van der Waals surface area contributed by atoms with Crippen LogP contribution in [0.4, 0.5) is 15.8 Å². The third kappa shape index (κ3) is 5.80. The molecule has 6 nitrogen and oxygen atoms in total. The van der Waals surface area contributed by atoms with E-state index in [-0.39, 0.29) is 17.6 Å². The molecule has 2 heterocycles. The lowest BCUT2D eigenvalue weighted by molar-refractivity contribution is -0.113. The highest BCUT2D eigenvalue weighted by atomic mass is 32.2. The van der Waals surface area contributed by atoms with Crippen molar-refractivity contribution < 1.29 is 14.0 Å². The van der Waals surface area contributed by atoms with E-state index in [0.717, 1.165) is 41.1 Å². The fourth-order valence-corrected chi connectivity index (χ4v) is 5.23. The van der Waals surface area contributed by atoms with Gasteiger partial charge in [0.25, 0.3) is 5.91 Å². The number of hydrogen-bond donors (Lipinski definition) is 1. The number of carbonyl (C=O) groups is 2. The van der Waals surface area contributed by atoms with Gasteiger partial charge >= 0.3 is 0 Å². The zero-order chi connectivity index (χ0) is 21.6. The van der Waals surface area contributed by atoms with Crippen LogP contribution in [-0.4, -0.2) is 65.3 Å². The normalized spacial score (nSPS) is 16.2. The van der Waals surface area contributed by atoms with E-state index in [4.69, 9.17) is 0 Å². The number of piperazine rings is 1. The Labute approximate surface area is 189 Å². The van der Waals surface area contributed by atoms with Gasteiger partial charge in [-0.05, 0) is 48.5 Å². The van der Waals surface area contributed by atoms with Crippen molar-refractivity contribution in [1.29, 1.82) is 0 Å². The van der Waals surface area contributed by atoms with Crippen molar-refractivity contribution in [2.24, 2.45) is 4.99 Å². The van der Waals surface area contributed by atoms with Crippen molar-refractivity contribution in [1.82, 2.24) is 4.90 Å². The molecule has 0 aliphatic carbocycles. The summed E-state index contributed by atoms with van der Waals surface area (Å²) >= 11 is 3.18. The molecule has 0 atom stereocenters. The maximum Gasteiger partial charge on any atom is 0.253 e. The van der Waals surface area contributed by atoms with Crippen LogP contribution in [0.2, 0.25) is 0 Å². The molecule has 1 fully saturated rings. The zero-order valence-electron chi connectivity index (χ0n) is 16.9. The Balaban J connectivity index is 1.25. The molecule has 0 spiro atoms. The molecule has 0 saturated carbocycles. The summed E-state index contributed by atoms with van der Waals surface area (Å²) in [6.45, 7) is 3.48. The van der Waals surface area contributed by atoms with E-state index in [1.165, 1.54) is 36.0 Å². The summed E-state index contributed by atoms with van der Waals surface area (Å²) < 4.78 is 14.1. The summed E-state index contributed by atoms with van der Waals surface area (Å²) in [5.74, 6) is 0.901. The van der Waals surface area contributed by atoms with E-state index < -0.39 is 0 Å². The molecular weight excluding hydrogens is 435 g/mol. The number of benzene rings is 2. The second-order valence-corrected chi connectivity index (χ2v) is 9.47. The van der Waals surface area contributed by atoms with Gasteiger partial charge in [-0.15, -0.1) is 0 Å². The Morgan fingerprint density at radius 3 is 2.39 bits per heavy atom. The topological polar surface area (TPSA) is 65.0 Å². The van der Waals surface area contributed by atoms with E-state index in [2.05, 4.69) is 15.2 Å². The molecule has 31 heavy (non-hydrogen) atoms. The highest BCUT2D eigenvalue weighted by molar-refractivity contribution is 8.39. The minimum atomic E-state index is -0.345. The molecule has 2 aromatic carbocycles.